The molecule has 1 N–H and O–H groups in total. The van der Waals surface area contributed by atoms with Gasteiger partial charge < -0.3 is 33.5 Å². The molecule has 4 heterocycles. The van der Waals surface area contributed by atoms with Crippen LogP contribution in [0.15, 0.2) is 24.3 Å². The van der Waals surface area contributed by atoms with Crippen molar-refractivity contribution < 1.29 is 43.1 Å². The number of phenolic OH excluding ortho intramolecular Hbond substituents is 1. The topological polar surface area (TPSA) is 123 Å². The SMILES string of the molecule is CCOC(=O)COc1ccc(C(=O)c2cc(C(N3CCOCC3)N3CCOCC3)c(O)c(C(N3CCOCC3)N3CCOCC3)c2)c(Cl)c1Cl. The summed E-state index contributed by atoms with van der Waals surface area (Å²) in [6, 6.07) is 6.66. The molecule has 0 unspecified atom stereocenters. The monoisotopic (exact) mass is 736 g/mol. The maximum absolute atomic E-state index is 14.6. The second-order valence-corrected chi connectivity index (χ2v) is 13.3. The summed E-state index contributed by atoms with van der Waals surface area (Å²) in [5.41, 5.74) is 1.81. The summed E-state index contributed by atoms with van der Waals surface area (Å²) in [6.07, 6.45) is -0.663. The number of carbonyl (C=O) groups is 2. The molecule has 0 bridgehead atoms. The highest BCUT2D eigenvalue weighted by Gasteiger charge is 2.37. The largest absolute Gasteiger partial charge is 0.507 e. The lowest BCUT2D eigenvalue weighted by Crippen LogP contribution is -2.51. The molecule has 4 saturated heterocycles. The Balaban J connectivity index is 1.46. The zero-order valence-electron chi connectivity index (χ0n) is 28.5. The van der Waals surface area contributed by atoms with Crippen molar-refractivity contribution in [3.63, 3.8) is 0 Å². The molecule has 4 aliphatic heterocycles. The number of ether oxygens (including phenoxy) is 6. The third-order valence-corrected chi connectivity index (χ3v) is 10.4. The van der Waals surface area contributed by atoms with Gasteiger partial charge in [0.05, 0.1) is 76.8 Å². The lowest BCUT2D eigenvalue weighted by Gasteiger charge is -2.45. The van der Waals surface area contributed by atoms with Crippen molar-refractivity contribution in [2.45, 2.75) is 19.3 Å². The van der Waals surface area contributed by atoms with E-state index >= 15 is 0 Å². The molecule has 0 atom stereocenters. The molecular weight excluding hydrogens is 691 g/mol. The molecule has 2 aromatic carbocycles. The maximum atomic E-state index is 14.6. The number of aromatic hydroxyl groups is 1. The van der Waals surface area contributed by atoms with E-state index < -0.39 is 5.97 Å². The van der Waals surface area contributed by atoms with Crippen LogP contribution in [0.3, 0.4) is 0 Å². The molecule has 50 heavy (non-hydrogen) atoms. The van der Waals surface area contributed by atoms with E-state index in [4.69, 9.17) is 51.6 Å². The fraction of sp³-hybridized carbons (Fsp3) is 0.600. The third-order valence-electron chi connectivity index (χ3n) is 9.50. The third kappa shape index (κ3) is 8.55. The van der Waals surface area contributed by atoms with E-state index in [2.05, 4.69) is 19.6 Å². The molecule has 0 aliphatic carbocycles. The van der Waals surface area contributed by atoms with Crippen LogP contribution in [-0.4, -0.2) is 155 Å². The first-order chi connectivity index (χ1) is 24.4. The molecule has 6 rings (SSSR count). The first-order valence-electron chi connectivity index (χ1n) is 17.3. The van der Waals surface area contributed by atoms with E-state index in [1.807, 2.05) is 0 Å². The summed E-state index contributed by atoms with van der Waals surface area (Å²) >= 11 is 13.4. The van der Waals surface area contributed by atoms with Crippen molar-refractivity contribution >= 4 is 35.0 Å². The van der Waals surface area contributed by atoms with Crippen LogP contribution in [0.4, 0.5) is 0 Å². The Bertz CT molecular complexity index is 1380. The number of hydrogen-bond acceptors (Lipinski definition) is 13. The predicted molar refractivity (Wildman–Crippen MR) is 185 cm³/mol. The number of morpholine rings is 4. The fourth-order valence-electron chi connectivity index (χ4n) is 7.06. The maximum Gasteiger partial charge on any atom is 0.344 e. The van der Waals surface area contributed by atoms with Crippen LogP contribution < -0.4 is 4.74 Å². The predicted octanol–water partition coefficient (Wildman–Crippen LogP) is 3.20. The van der Waals surface area contributed by atoms with E-state index in [0.29, 0.717) is 122 Å². The quantitative estimate of drug-likeness (QED) is 0.254. The second kappa shape index (κ2) is 17.8. The van der Waals surface area contributed by atoms with Crippen molar-refractivity contribution in [3.8, 4) is 11.5 Å². The smallest absolute Gasteiger partial charge is 0.344 e. The highest BCUT2D eigenvalue weighted by Crippen LogP contribution is 2.43. The molecule has 13 nitrogen and oxygen atoms in total. The molecule has 15 heteroatoms. The fourth-order valence-corrected chi connectivity index (χ4v) is 7.52. The van der Waals surface area contributed by atoms with Gasteiger partial charge in [-0.1, -0.05) is 23.2 Å². The van der Waals surface area contributed by atoms with Crippen LogP contribution in [0.5, 0.6) is 11.5 Å². The Hall–Kier alpha value is -2.56. The van der Waals surface area contributed by atoms with Gasteiger partial charge in [-0.2, -0.15) is 0 Å². The number of ketones is 1. The first kappa shape index (κ1) is 37.2. The van der Waals surface area contributed by atoms with Gasteiger partial charge in [-0.3, -0.25) is 24.4 Å². The van der Waals surface area contributed by atoms with Gasteiger partial charge in [0.2, 0.25) is 0 Å². The molecule has 0 saturated carbocycles. The van der Waals surface area contributed by atoms with Crippen molar-refractivity contribution in [1.82, 2.24) is 19.6 Å². The van der Waals surface area contributed by atoms with Gasteiger partial charge in [-0.05, 0) is 31.2 Å². The zero-order valence-corrected chi connectivity index (χ0v) is 30.0. The average Bonchev–Trinajstić information content (AvgIpc) is 3.15. The Morgan fingerprint density at radius 1 is 0.720 bits per heavy atom. The van der Waals surface area contributed by atoms with Gasteiger partial charge in [0, 0.05) is 74.6 Å². The van der Waals surface area contributed by atoms with Crippen LogP contribution in [0.25, 0.3) is 0 Å². The highest BCUT2D eigenvalue weighted by molar-refractivity contribution is 6.45. The molecule has 0 spiro atoms. The van der Waals surface area contributed by atoms with Crippen LogP contribution in [-0.2, 0) is 28.5 Å². The minimum Gasteiger partial charge on any atom is -0.507 e. The summed E-state index contributed by atoms with van der Waals surface area (Å²) < 4.78 is 33.4. The Morgan fingerprint density at radius 3 is 1.54 bits per heavy atom. The van der Waals surface area contributed by atoms with E-state index in [-0.39, 0.29) is 58.4 Å². The number of rotatable bonds is 12. The number of carbonyl (C=O) groups excluding carboxylic acids is 2. The van der Waals surface area contributed by atoms with E-state index in [0.717, 1.165) is 0 Å². The van der Waals surface area contributed by atoms with Crippen LogP contribution in [0.1, 0.15) is 46.3 Å². The molecule has 0 aromatic heterocycles. The van der Waals surface area contributed by atoms with Gasteiger partial charge in [0.25, 0.3) is 0 Å². The number of esters is 1. The number of halogens is 2. The molecule has 4 aliphatic rings. The van der Waals surface area contributed by atoms with Gasteiger partial charge >= 0.3 is 5.97 Å². The molecule has 0 radical (unpaired) electrons. The van der Waals surface area contributed by atoms with Crippen LogP contribution in [0.2, 0.25) is 10.0 Å². The minimum atomic E-state index is -0.547. The summed E-state index contributed by atoms with van der Waals surface area (Å²) in [7, 11) is 0. The van der Waals surface area contributed by atoms with E-state index in [9.17, 15) is 14.7 Å². The first-order valence-corrected chi connectivity index (χ1v) is 18.1. The summed E-state index contributed by atoms with van der Waals surface area (Å²) in [6.45, 7) is 11.4. The summed E-state index contributed by atoms with van der Waals surface area (Å²) in [5.74, 6) is -0.594. The number of benzene rings is 2. The molecule has 4 fully saturated rings. The summed E-state index contributed by atoms with van der Waals surface area (Å²) in [5, 5.41) is 12.5. The Labute approximate surface area is 302 Å². The summed E-state index contributed by atoms with van der Waals surface area (Å²) in [4.78, 5) is 35.7. The standard InChI is InChI=1S/C35H46Cl2N4O9/c1-2-49-29(42)23-50-28-4-3-25(30(36)31(28)37)32(43)24-21-26(34(38-5-13-45-14-6-38)39-7-15-46-16-8-39)33(44)27(22-24)35(40-9-17-47-18-10-40)41-11-19-48-20-12-41/h3-4,21-22,34-35,44H,2,5-20,23H2,1H3. The molecule has 0 amide bonds. The van der Waals surface area contributed by atoms with Crippen molar-refractivity contribution in [1.29, 1.82) is 0 Å². The Morgan fingerprint density at radius 2 is 1.14 bits per heavy atom. The lowest BCUT2D eigenvalue weighted by molar-refractivity contribution is -0.145. The minimum absolute atomic E-state index is 0.00465. The van der Waals surface area contributed by atoms with Crippen LogP contribution >= 0.6 is 23.2 Å². The van der Waals surface area contributed by atoms with Gasteiger partial charge in [-0.25, -0.2) is 4.79 Å². The van der Waals surface area contributed by atoms with Gasteiger partial charge in [0.1, 0.15) is 16.5 Å². The number of phenols is 1. The van der Waals surface area contributed by atoms with Crippen molar-refractivity contribution in [3.05, 3.63) is 56.6 Å². The normalized spacial score (nSPS) is 20.3. The Kier molecular flexibility index (Phi) is 13.2. The number of nitrogens with zero attached hydrogens (tertiary/aromatic N) is 4. The number of hydrogen-bond donors (Lipinski definition) is 1. The lowest BCUT2D eigenvalue weighted by atomic mass is 9.93. The van der Waals surface area contributed by atoms with Crippen molar-refractivity contribution in [2.75, 3.05) is 118 Å². The zero-order chi connectivity index (χ0) is 35.0. The molecular formula is C35H46Cl2N4O9. The van der Waals surface area contributed by atoms with Crippen molar-refractivity contribution in [2.24, 2.45) is 0 Å². The molecule has 274 valence electrons. The van der Waals surface area contributed by atoms with E-state index in [1.165, 1.54) is 6.07 Å². The van der Waals surface area contributed by atoms with E-state index in [1.54, 1.807) is 25.1 Å². The van der Waals surface area contributed by atoms with Gasteiger partial charge in [0.15, 0.2) is 12.4 Å². The van der Waals surface area contributed by atoms with Crippen LogP contribution in [0, 0.1) is 0 Å². The van der Waals surface area contributed by atoms with Gasteiger partial charge in [-0.15, -0.1) is 0 Å². The average molecular weight is 738 g/mol. The highest BCUT2D eigenvalue weighted by atomic mass is 35.5. The second-order valence-electron chi connectivity index (χ2n) is 12.5. The molecule has 2 aromatic rings.